The highest BCUT2D eigenvalue weighted by molar-refractivity contribution is 9.10. The third kappa shape index (κ3) is 2.77. The van der Waals surface area contributed by atoms with E-state index in [1.54, 1.807) is 26.4 Å². The predicted molar refractivity (Wildman–Crippen MR) is 81.0 cm³/mol. The summed E-state index contributed by atoms with van der Waals surface area (Å²) in [4.78, 5) is 12.2. The predicted octanol–water partition coefficient (Wildman–Crippen LogP) is 2.33. The van der Waals surface area contributed by atoms with E-state index >= 15 is 0 Å². The van der Waals surface area contributed by atoms with Gasteiger partial charge in [0.05, 0.1) is 18.5 Å². The normalized spacial score (nSPS) is 10.4. The fraction of sp³-hybridized carbons (Fsp3) is 0.231. The van der Waals surface area contributed by atoms with Crippen molar-refractivity contribution in [1.29, 1.82) is 0 Å². The van der Waals surface area contributed by atoms with E-state index in [1.165, 1.54) is 4.68 Å². The van der Waals surface area contributed by atoms with Crippen LogP contribution in [0.4, 0.5) is 11.4 Å². The molecule has 0 saturated carbocycles. The first-order valence-electron chi connectivity index (χ1n) is 5.87. The lowest BCUT2D eigenvalue weighted by Gasteiger charge is -2.13. The Kier molecular flexibility index (Phi) is 3.99. The summed E-state index contributed by atoms with van der Waals surface area (Å²) in [6, 6.07) is 3.67. The molecule has 0 saturated heterocycles. The van der Waals surface area contributed by atoms with Crippen LogP contribution in [-0.2, 0) is 7.05 Å². The number of hydrogen-bond donors (Lipinski definition) is 2. The number of rotatable bonds is 3. The molecule has 2 rings (SSSR count). The largest absolute Gasteiger partial charge is 0.495 e. The molecule has 106 valence electrons. The molecule has 0 unspecified atom stereocenters. The van der Waals surface area contributed by atoms with Crippen molar-refractivity contribution in [3.8, 4) is 5.75 Å². The summed E-state index contributed by atoms with van der Waals surface area (Å²) in [5.41, 5.74) is 7.75. The number of amides is 1. The zero-order chi connectivity index (χ0) is 14.9. The van der Waals surface area contributed by atoms with E-state index in [9.17, 15) is 4.79 Å². The van der Waals surface area contributed by atoms with Crippen LogP contribution in [0.5, 0.6) is 5.75 Å². The number of carbonyl (C=O) groups excluding carboxylic acids is 1. The Balaban J connectivity index is 2.35. The molecule has 2 aromatic rings. The van der Waals surface area contributed by atoms with Crippen LogP contribution in [0.2, 0.25) is 0 Å². The monoisotopic (exact) mass is 338 g/mol. The number of nitrogen functional groups attached to an aromatic ring is 1. The van der Waals surface area contributed by atoms with Gasteiger partial charge in [0.15, 0.2) is 5.69 Å². The first-order valence-corrected chi connectivity index (χ1v) is 6.66. The second kappa shape index (κ2) is 5.54. The minimum absolute atomic E-state index is 0.192. The van der Waals surface area contributed by atoms with Gasteiger partial charge in [0.25, 0.3) is 5.91 Å². The van der Waals surface area contributed by atoms with Gasteiger partial charge in [-0.2, -0.15) is 5.10 Å². The van der Waals surface area contributed by atoms with Gasteiger partial charge >= 0.3 is 0 Å². The van der Waals surface area contributed by atoms with Gasteiger partial charge in [0, 0.05) is 17.7 Å². The third-order valence-corrected chi connectivity index (χ3v) is 3.25. The van der Waals surface area contributed by atoms with Crippen LogP contribution in [0.3, 0.4) is 0 Å². The molecule has 1 aromatic carbocycles. The number of ether oxygens (including phenoxy) is 1. The summed E-state index contributed by atoms with van der Waals surface area (Å²) < 4.78 is 7.65. The molecule has 3 N–H and O–H groups in total. The highest BCUT2D eigenvalue weighted by Gasteiger charge is 2.17. The number of methoxy groups -OCH3 is 1. The van der Waals surface area contributed by atoms with Crippen LogP contribution >= 0.6 is 15.9 Å². The Morgan fingerprint density at radius 3 is 2.75 bits per heavy atom. The van der Waals surface area contributed by atoms with Gasteiger partial charge in [-0.1, -0.05) is 15.9 Å². The maximum absolute atomic E-state index is 12.2. The van der Waals surface area contributed by atoms with E-state index in [-0.39, 0.29) is 11.6 Å². The average Bonchev–Trinajstić information content (AvgIpc) is 2.71. The van der Waals surface area contributed by atoms with Crippen LogP contribution in [-0.4, -0.2) is 22.8 Å². The minimum atomic E-state index is -0.369. The number of nitrogens with zero attached hydrogens (tertiary/aromatic N) is 2. The van der Waals surface area contributed by atoms with Gasteiger partial charge in [-0.25, -0.2) is 0 Å². The lowest BCUT2D eigenvalue weighted by Crippen LogP contribution is -2.16. The van der Waals surface area contributed by atoms with Crippen molar-refractivity contribution in [2.24, 2.45) is 7.05 Å². The van der Waals surface area contributed by atoms with E-state index in [0.717, 1.165) is 10.0 Å². The fourth-order valence-corrected chi connectivity index (χ4v) is 2.44. The number of nitrogens with two attached hydrogens (primary N) is 1. The van der Waals surface area contributed by atoms with Gasteiger partial charge in [-0.3, -0.25) is 9.48 Å². The first kappa shape index (κ1) is 14.4. The number of aryl methyl sites for hydroxylation is 2. The molecule has 1 aromatic heterocycles. The number of halogens is 1. The lowest BCUT2D eigenvalue weighted by atomic mass is 10.1. The number of aromatic nitrogens is 2. The van der Waals surface area contributed by atoms with Gasteiger partial charge < -0.3 is 15.8 Å². The molecule has 6 nitrogen and oxygen atoms in total. The summed E-state index contributed by atoms with van der Waals surface area (Å²) in [5.74, 6) is 0.201. The molecule has 0 atom stereocenters. The Morgan fingerprint density at radius 2 is 2.20 bits per heavy atom. The van der Waals surface area contributed by atoms with E-state index in [2.05, 4.69) is 26.3 Å². The summed E-state index contributed by atoms with van der Waals surface area (Å²) in [6.45, 7) is 1.88. The van der Waals surface area contributed by atoms with Crippen LogP contribution in [0.1, 0.15) is 16.1 Å². The topological polar surface area (TPSA) is 82.2 Å². The van der Waals surface area contributed by atoms with Gasteiger partial charge in [-0.15, -0.1) is 0 Å². The van der Waals surface area contributed by atoms with E-state index in [1.807, 2.05) is 13.0 Å². The summed E-state index contributed by atoms with van der Waals surface area (Å²) >= 11 is 3.39. The van der Waals surface area contributed by atoms with Crippen molar-refractivity contribution in [2.75, 3.05) is 18.2 Å². The van der Waals surface area contributed by atoms with Crippen molar-refractivity contribution >= 4 is 33.2 Å². The van der Waals surface area contributed by atoms with Gasteiger partial charge in [0.2, 0.25) is 0 Å². The SMILES string of the molecule is COc1cc(Br)cc(C)c1NC(=O)c1nn(C)cc1N. The number of anilines is 2. The zero-order valence-electron chi connectivity index (χ0n) is 11.4. The molecule has 0 aliphatic rings. The molecule has 0 fully saturated rings. The number of benzene rings is 1. The van der Waals surface area contributed by atoms with Crippen molar-refractivity contribution in [1.82, 2.24) is 9.78 Å². The third-order valence-electron chi connectivity index (χ3n) is 2.79. The molecule has 0 radical (unpaired) electrons. The first-order chi connectivity index (χ1) is 9.42. The number of carbonyl (C=O) groups is 1. The highest BCUT2D eigenvalue weighted by atomic mass is 79.9. The van der Waals surface area contributed by atoms with Crippen LogP contribution in [0.25, 0.3) is 0 Å². The van der Waals surface area contributed by atoms with E-state index in [4.69, 9.17) is 10.5 Å². The van der Waals surface area contributed by atoms with Crippen LogP contribution in [0.15, 0.2) is 22.8 Å². The minimum Gasteiger partial charge on any atom is -0.495 e. The van der Waals surface area contributed by atoms with Gasteiger partial charge in [0.1, 0.15) is 5.75 Å². The second-order valence-corrected chi connectivity index (χ2v) is 5.28. The second-order valence-electron chi connectivity index (χ2n) is 4.36. The number of hydrogen-bond acceptors (Lipinski definition) is 4. The van der Waals surface area contributed by atoms with Crippen LogP contribution in [0, 0.1) is 6.92 Å². The smallest absolute Gasteiger partial charge is 0.278 e. The summed E-state index contributed by atoms with van der Waals surface area (Å²) in [5, 5.41) is 6.83. The molecule has 20 heavy (non-hydrogen) atoms. The Bertz CT molecular complexity index is 667. The molecule has 0 bridgehead atoms. The molecule has 1 amide bonds. The van der Waals surface area contributed by atoms with Crippen molar-refractivity contribution in [3.63, 3.8) is 0 Å². The maximum atomic E-state index is 12.2. The molecule has 0 aliphatic carbocycles. The fourth-order valence-electron chi connectivity index (χ4n) is 1.89. The number of nitrogens with one attached hydrogen (secondary N) is 1. The average molecular weight is 339 g/mol. The standard InChI is InChI=1S/C13H15BrN4O2/c1-7-4-8(14)5-10(20-3)11(7)16-13(19)12-9(15)6-18(2)17-12/h4-6H,15H2,1-3H3,(H,16,19). The van der Waals surface area contributed by atoms with Crippen molar-refractivity contribution in [3.05, 3.63) is 34.1 Å². The molecular weight excluding hydrogens is 324 g/mol. The molecule has 7 heteroatoms. The van der Waals surface area contributed by atoms with E-state index in [0.29, 0.717) is 17.1 Å². The molecule has 0 aliphatic heterocycles. The quantitative estimate of drug-likeness (QED) is 0.899. The Labute approximate surface area is 125 Å². The molecular formula is C13H15BrN4O2. The zero-order valence-corrected chi connectivity index (χ0v) is 13.0. The Morgan fingerprint density at radius 1 is 1.50 bits per heavy atom. The van der Waals surface area contributed by atoms with Crippen molar-refractivity contribution < 1.29 is 9.53 Å². The molecule has 1 heterocycles. The van der Waals surface area contributed by atoms with E-state index < -0.39 is 0 Å². The maximum Gasteiger partial charge on any atom is 0.278 e. The lowest BCUT2D eigenvalue weighted by molar-refractivity contribution is 0.102. The molecule has 0 spiro atoms. The summed E-state index contributed by atoms with van der Waals surface area (Å²) in [7, 11) is 3.25. The highest BCUT2D eigenvalue weighted by Crippen LogP contribution is 2.32. The van der Waals surface area contributed by atoms with Gasteiger partial charge in [-0.05, 0) is 24.6 Å². The summed E-state index contributed by atoms with van der Waals surface area (Å²) in [6.07, 6.45) is 1.58. The van der Waals surface area contributed by atoms with Crippen molar-refractivity contribution in [2.45, 2.75) is 6.92 Å². The van der Waals surface area contributed by atoms with Crippen LogP contribution < -0.4 is 15.8 Å². The Hall–Kier alpha value is -2.02.